The number of ketones is 1. The third-order valence-corrected chi connectivity index (χ3v) is 2.28. The molecule has 0 fully saturated rings. The van der Waals surface area contributed by atoms with E-state index in [1.807, 2.05) is 0 Å². The molecule has 0 unspecified atom stereocenters. The van der Waals surface area contributed by atoms with Gasteiger partial charge < -0.3 is 4.42 Å². The summed E-state index contributed by atoms with van der Waals surface area (Å²) in [5.74, 6) is -0.494. The lowest BCUT2D eigenvalue weighted by Crippen LogP contribution is -1.99. The number of nitrogens with zero attached hydrogens (tertiary/aromatic N) is 1. The highest BCUT2D eigenvalue weighted by atomic mass is 35.5. The van der Waals surface area contributed by atoms with Gasteiger partial charge in [0.2, 0.25) is 5.78 Å². The molecule has 0 aliphatic rings. The highest BCUT2D eigenvalue weighted by molar-refractivity contribution is 6.35. The quantitative estimate of drug-likeness (QED) is 0.588. The minimum absolute atomic E-state index is 0.00287. The number of hydrogen-bond donors (Lipinski definition) is 0. The Morgan fingerprint density at radius 2 is 2.29 bits per heavy atom. The van der Waals surface area contributed by atoms with Crippen LogP contribution in [0.4, 0.5) is 0 Å². The van der Waals surface area contributed by atoms with Crippen LogP contribution in [-0.2, 0) is 0 Å². The average molecular weight is 230 g/mol. The van der Waals surface area contributed by atoms with Crippen molar-refractivity contribution in [1.82, 2.24) is 4.98 Å². The molecule has 0 aliphatic carbocycles. The summed E-state index contributed by atoms with van der Waals surface area (Å²) in [6.07, 6.45) is 0. The number of Topliss-reactive ketones (excluding diaryl/α,β-unsaturated/α-hetero) is 1. The number of alkyl halides is 1. The van der Waals surface area contributed by atoms with E-state index in [0.717, 1.165) is 0 Å². The Hall–Kier alpha value is -1.06. The molecule has 1 heterocycles. The standard InChI is InChI=1S/C9H5Cl2NO2/c10-4-6(13)9-12-8-5(11)2-1-3-7(8)14-9/h1-3H,4H2. The van der Waals surface area contributed by atoms with Crippen molar-refractivity contribution in [3.05, 3.63) is 29.1 Å². The maximum Gasteiger partial charge on any atom is 0.265 e. The molecule has 3 nitrogen and oxygen atoms in total. The van der Waals surface area contributed by atoms with Crippen LogP contribution in [0.15, 0.2) is 22.6 Å². The van der Waals surface area contributed by atoms with Gasteiger partial charge in [-0.1, -0.05) is 17.7 Å². The Morgan fingerprint density at radius 3 is 2.93 bits per heavy atom. The molecule has 5 heteroatoms. The molecule has 0 saturated carbocycles. The number of carbonyl (C=O) groups excluding carboxylic acids is 1. The molecule has 72 valence electrons. The van der Waals surface area contributed by atoms with Gasteiger partial charge in [-0.3, -0.25) is 4.79 Å². The molecule has 2 rings (SSSR count). The topological polar surface area (TPSA) is 43.1 Å². The average Bonchev–Trinajstić information content (AvgIpc) is 2.62. The first-order valence-electron chi connectivity index (χ1n) is 3.86. The molecule has 0 saturated heterocycles. The fraction of sp³-hybridized carbons (Fsp3) is 0.111. The molecule has 0 spiro atoms. The van der Waals surface area contributed by atoms with E-state index < -0.39 is 0 Å². The number of para-hydroxylation sites is 1. The van der Waals surface area contributed by atoms with Crippen LogP contribution >= 0.6 is 23.2 Å². The van der Waals surface area contributed by atoms with E-state index >= 15 is 0 Å². The summed E-state index contributed by atoms with van der Waals surface area (Å²) in [5, 5.41) is 0.458. The monoisotopic (exact) mass is 229 g/mol. The molecule has 0 amide bonds. The van der Waals surface area contributed by atoms with Crippen molar-refractivity contribution < 1.29 is 9.21 Å². The highest BCUT2D eigenvalue weighted by Crippen LogP contribution is 2.23. The number of hydrogen-bond acceptors (Lipinski definition) is 3. The van der Waals surface area contributed by atoms with Crippen molar-refractivity contribution in [3.8, 4) is 0 Å². The van der Waals surface area contributed by atoms with E-state index in [1.165, 1.54) is 0 Å². The number of rotatable bonds is 2. The van der Waals surface area contributed by atoms with Crippen LogP contribution in [-0.4, -0.2) is 16.6 Å². The Morgan fingerprint density at radius 1 is 1.50 bits per heavy atom. The maximum absolute atomic E-state index is 11.2. The Kier molecular flexibility index (Phi) is 2.44. The van der Waals surface area contributed by atoms with Gasteiger partial charge in [0.05, 0.1) is 10.9 Å². The Bertz CT molecular complexity index is 493. The van der Waals surface area contributed by atoms with Gasteiger partial charge in [-0.2, -0.15) is 0 Å². The van der Waals surface area contributed by atoms with Crippen molar-refractivity contribution >= 4 is 40.1 Å². The molecule has 0 bridgehead atoms. The first-order valence-corrected chi connectivity index (χ1v) is 4.78. The Labute approximate surface area is 89.6 Å². The smallest absolute Gasteiger partial charge is 0.265 e. The zero-order valence-electron chi connectivity index (χ0n) is 6.96. The fourth-order valence-corrected chi connectivity index (χ4v) is 1.41. The molecule has 14 heavy (non-hydrogen) atoms. The molecule has 0 aliphatic heterocycles. The van der Waals surface area contributed by atoms with Gasteiger partial charge in [-0.15, -0.1) is 11.6 Å². The SMILES string of the molecule is O=C(CCl)c1nc2c(Cl)cccc2o1. The van der Waals surface area contributed by atoms with Crippen molar-refractivity contribution in [2.75, 3.05) is 5.88 Å². The lowest BCUT2D eigenvalue weighted by Gasteiger charge is -1.86. The van der Waals surface area contributed by atoms with Gasteiger partial charge in [0, 0.05) is 0 Å². The number of fused-ring (bicyclic) bond motifs is 1. The van der Waals surface area contributed by atoms with Gasteiger partial charge >= 0.3 is 0 Å². The first-order chi connectivity index (χ1) is 6.72. The lowest BCUT2D eigenvalue weighted by molar-refractivity contribution is 0.0986. The number of halogens is 2. The molecule has 1 aromatic carbocycles. The number of aromatic nitrogens is 1. The summed E-state index contributed by atoms with van der Waals surface area (Å²) < 4.78 is 5.17. The van der Waals surface area contributed by atoms with Gasteiger partial charge in [-0.25, -0.2) is 4.98 Å². The van der Waals surface area contributed by atoms with Crippen LogP contribution in [0, 0.1) is 0 Å². The molecule has 0 N–H and O–H groups in total. The summed E-state index contributed by atoms with van der Waals surface area (Å²) in [6.45, 7) is 0. The zero-order chi connectivity index (χ0) is 10.1. The van der Waals surface area contributed by atoms with Gasteiger partial charge in [0.1, 0.15) is 5.52 Å². The highest BCUT2D eigenvalue weighted by Gasteiger charge is 2.14. The number of carbonyl (C=O) groups is 1. The second-order valence-corrected chi connectivity index (χ2v) is 3.34. The molecular formula is C9H5Cl2NO2. The molecule has 2 aromatic rings. The van der Waals surface area contributed by atoms with Crippen LogP contribution in [0.3, 0.4) is 0 Å². The van der Waals surface area contributed by atoms with Crippen molar-refractivity contribution in [3.63, 3.8) is 0 Å². The predicted octanol–water partition coefficient (Wildman–Crippen LogP) is 2.90. The number of benzene rings is 1. The summed E-state index contributed by atoms with van der Waals surface area (Å²) in [4.78, 5) is 15.1. The van der Waals surface area contributed by atoms with E-state index in [0.29, 0.717) is 16.1 Å². The van der Waals surface area contributed by atoms with Crippen LogP contribution in [0.2, 0.25) is 5.02 Å². The molecule has 1 aromatic heterocycles. The second kappa shape index (κ2) is 3.59. The van der Waals surface area contributed by atoms with Crippen molar-refractivity contribution in [2.45, 2.75) is 0 Å². The van der Waals surface area contributed by atoms with E-state index in [2.05, 4.69) is 4.98 Å². The van der Waals surface area contributed by atoms with Gasteiger partial charge in [-0.05, 0) is 12.1 Å². The summed E-state index contributed by atoms with van der Waals surface area (Å²) >= 11 is 11.2. The molecular weight excluding hydrogens is 225 g/mol. The first kappa shape index (κ1) is 9.49. The van der Waals surface area contributed by atoms with E-state index in [1.54, 1.807) is 18.2 Å². The third-order valence-electron chi connectivity index (χ3n) is 1.73. The van der Waals surface area contributed by atoms with E-state index in [9.17, 15) is 4.79 Å². The maximum atomic E-state index is 11.2. The largest absolute Gasteiger partial charge is 0.434 e. The number of oxazole rings is 1. The van der Waals surface area contributed by atoms with Crippen molar-refractivity contribution in [2.24, 2.45) is 0 Å². The van der Waals surface area contributed by atoms with E-state index in [4.69, 9.17) is 27.6 Å². The van der Waals surface area contributed by atoms with Gasteiger partial charge in [0.15, 0.2) is 5.58 Å². The molecule has 0 radical (unpaired) electrons. The summed E-state index contributed by atoms with van der Waals surface area (Å²) in [7, 11) is 0. The zero-order valence-corrected chi connectivity index (χ0v) is 8.47. The van der Waals surface area contributed by atoms with Gasteiger partial charge in [0.25, 0.3) is 5.89 Å². The fourth-order valence-electron chi connectivity index (χ4n) is 1.09. The second-order valence-electron chi connectivity index (χ2n) is 2.66. The van der Waals surface area contributed by atoms with Crippen LogP contribution in [0.1, 0.15) is 10.7 Å². The van der Waals surface area contributed by atoms with Crippen LogP contribution in [0.25, 0.3) is 11.1 Å². The minimum atomic E-state index is -0.348. The minimum Gasteiger partial charge on any atom is -0.434 e. The van der Waals surface area contributed by atoms with Crippen LogP contribution < -0.4 is 0 Å². The summed E-state index contributed by atoms with van der Waals surface area (Å²) in [5.41, 5.74) is 0.980. The molecule has 0 atom stereocenters. The van der Waals surface area contributed by atoms with Crippen LogP contribution in [0.5, 0.6) is 0 Å². The lowest BCUT2D eigenvalue weighted by atomic mass is 10.3. The van der Waals surface area contributed by atoms with Crippen molar-refractivity contribution in [1.29, 1.82) is 0 Å². The predicted molar refractivity (Wildman–Crippen MR) is 54.1 cm³/mol. The Balaban J connectivity index is 2.62. The normalized spacial score (nSPS) is 10.7. The van der Waals surface area contributed by atoms with E-state index in [-0.39, 0.29) is 17.6 Å². The third kappa shape index (κ3) is 1.49. The summed E-state index contributed by atoms with van der Waals surface area (Å²) in [6, 6.07) is 5.10.